The lowest BCUT2D eigenvalue weighted by atomic mass is 10.2. The quantitative estimate of drug-likeness (QED) is 0.480. The molecule has 0 saturated heterocycles. The molecule has 0 spiro atoms. The number of halogens is 1. The van der Waals surface area contributed by atoms with Crippen LogP contribution in [0.4, 0.5) is 0 Å². The molecule has 0 saturated carbocycles. The average molecular weight is 467 g/mol. The van der Waals surface area contributed by atoms with Crippen molar-refractivity contribution in [1.82, 2.24) is 19.3 Å². The zero-order valence-electron chi connectivity index (χ0n) is 14.4. The van der Waals surface area contributed by atoms with Gasteiger partial charge in [0.2, 0.25) is 4.34 Å². The maximum atomic E-state index is 12.8. The topological polar surface area (TPSA) is 119 Å². The molecule has 0 unspecified atom stereocenters. The molecule has 0 amide bonds. The van der Waals surface area contributed by atoms with Crippen LogP contribution in [0, 0.1) is 0 Å². The molecule has 148 valence electrons. The number of sulfonamides is 2. The van der Waals surface area contributed by atoms with E-state index < -0.39 is 24.4 Å². The molecule has 0 aliphatic carbocycles. The smallest absolute Gasteiger partial charge is 0.255 e. The van der Waals surface area contributed by atoms with E-state index in [1.807, 2.05) is 0 Å². The Morgan fingerprint density at radius 2 is 1.62 bits per heavy atom. The summed E-state index contributed by atoms with van der Waals surface area (Å²) in [7, 11) is -8.94. The highest BCUT2D eigenvalue weighted by Crippen LogP contribution is 2.31. The van der Waals surface area contributed by atoms with Crippen molar-refractivity contribution >= 4 is 53.9 Å². The number of pyridine rings is 1. The third-order valence-electron chi connectivity index (χ3n) is 3.85. The van der Waals surface area contributed by atoms with Gasteiger partial charge in [0, 0.05) is 17.1 Å². The molecule has 0 fully saturated rings. The molecule has 0 atom stereocenters. The molecule has 0 aliphatic heterocycles. The minimum Gasteiger partial charge on any atom is -0.255 e. The first-order valence-electron chi connectivity index (χ1n) is 7.99. The minimum absolute atomic E-state index is 0.159. The third-order valence-corrected chi connectivity index (χ3v) is 9.04. The van der Waals surface area contributed by atoms with E-state index in [0.29, 0.717) is 27.3 Å². The lowest BCUT2D eigenvalue weighted by Crippen LogP contribution is -2.30. The number of benzene rings is 2. The molecule has 12 heteroatoms. The predicted molar refractivity (Wildman–Crippen MR) is 110 cm³/mol. The summed E-state index contributed by atoms with van der Waals surface area (Å²) in [6.07, 6.45) is 1.43. The third kappa shape index (κ3) is 3.87. The summed E-state index contributed by atoms with van der Waals surface area (Å²) in [4.78, 5) is 3.80. The largest absolute Gasteiger partial charge is 0.283 e. The van der Waals surface area contributed by atoms with Crippen LogP contribution in [0.1, 0.15) is 0 Å². The highest BCUT2D eigenvalue weighted by Gasteiger charge is 2.29. The van der Waals surface area contributed by atoms with Gasteiger partial charge in [-0.1, -0.05) is 63.5 Å². The molecule has 2 aromatic carbocycles. The highest BCUT2D eigenvalue weighted by molar-refractivity contribution is 8.05. The summed E-state index contributed by atoms with van der Waals surface area (Å²) in [5, 5.41) is 8.63. The summed E-state index contributed by atoms with van der Waals surface area (Å²) >= 11 is 6.80. The molecule has 0 aliphatic rings. The summed E-state index contributed by atoms with van der Waals surface area (Å²) in [6.45, 7) is 0. The van der Waals surface area contributed by atoms with Gasteiger partial charge in [0.25, 0.3) is 20.0 Å². The Balaban J connectivity index is 1.71. The predicted octanol–water partition coefficient (Wildman–Crippen LogP) is 3.07. The molecule has 0 bridgehead atoms. The van der Waals surface area contributed by atoms with Crippen molar-refractivity contribution in [2.45, 2.75) is 9.24 Å². The van der Waals surface area contributed by atoms with Gasteiger partial charge in [-0.2, -0.15) is 0 Å². The van der Waals surface area contributed by atoms with E-state index in [4.69, 9.17) is 11.6 Å². The van der Waals surface area contributed by atoms with Gasteiger partial charge in [-0.15, -0.1) is 10.2 Å². The van der Waals surface area contributed by atoms with Crippen LogP contribution in [0.3, 0.4) is 0 Å². The number of hydrogen-bond donors (Lipinski definition) is 1. The zero-order chi connectivity index (χ0) is 20.6. The zero-order valence-corrected chi connectivity index (χ0v) is 17.6. The minimum atomic E-state index is -4.50. The van der Waals surface area contributed by atoms with Crippen LogP contribution < -0.4 is 4.13 Å². The fourth-order valence-corrected chi connectivity index (χ4v) is 7.09. The molecule has 8 nitrogen and oxygen atoms in total. The van der Waals surface area contributed by atoms with E-state index in [-0.39, 0.29) is 15.4 Å². The van der Waals surface area contributed by atoms with Gasteiger partial charge in [-0.25, -0.2) is 16.8 Å². The molecule has 2 aromatic heterocycles. The number of nitrogens with zero attached hydrogens (tertiary/aromatic N) is 3. The van der Waals surface area contributed by atoms with E-state index in [2.05, 4.69) is 15.2 Å². The molecule has 2 heterocycles. The SMILES string of the molecule is O=S(=O)(NS(=O)(=O)c1cccc2cccnc12)c1nnc(-c2ccccc2Cl)s1. The molecular weight excluding hydrogens is 456 g/mol. The maximum absolute atomic E-state index is 12.8. The van der Waals surface area contributed by atoms with Crippen molar-refractivity contribution in [1.29, 1.82) is 0 Å². The molecule has 4 rings (SSSR count). The first-order valence-corrected chi connectivity index (χ1v) is 12.1. The maximum Gasteiger partial charge on any atom is 0.283 e. The monoisotopic (exact) mass is 466 g/mol. The fraction of sp³-hybridized carbons (Fsp3) is 0. The average Bonchev–Trinajstić information content (AvgIpc) is 3.18. The van der Waals surface area contributed by atoms with Gasteiger partial charge in [0.15, 0.2) is 0 Å². The Hall–Kier alpha value is -2.44. The van der Waals surface area contributed by atoms with Crippen molar-refractivity contribution in [2.24, 2.45) is 0 Å². The van der Waals surface area contributed by atoms with Crippen LogP contribution >= 0.6 is 22.9 Å². The summed E-state index contributed by atoms with van der Waals surface area (Å²) < 4.78 is 52.1. The lowest BCUT2D eigenvalue weighted by Gasteiger charge is -2.08. The van der Waals surface area contributed by atoms with Crippen LogP contribution in [0.15, 0.2) is 70.0 Å². The lowest BCUT2D eigenvalue weighted by molar-refractivity contribution is 0.576. The van der Waals surface area contributed by atoms with Gasteiger partial charge >= 0.3 is 0 Å². The van der Waals surface area contributed by atoms with Gasteiger partial charge in [0.1, 0.15) is 9.90 Å². The van der Waals surface area contributed by atoms with Gasteiger partial charge < -0.3 is 0 Å². The van der Waals surface area contributed by atoms with Gasteiger partial charge in [0.05, 0.1) is 10.5 Å². The highest BCUT2D eigenvalue weighted by atomic mass is 35.5. The summed E-state index contributed by atoms with van der Waals surface area (Å²) in [6, 6.07) is 14.5. The van der Waals surface area contributed by atoms with E-state index >= 15 is 0 Å². The van der Waals surface area contributed by atoms with Crippen LogP contribution in [0.25, 0.3) is 21.5 Å². The summed E-state index contributed by atoms with van der Waals surface area (Å²) in [5.74, 6) is 0. The number of nitrogens with one attached hydrogen (secondary N) is 1. The van der Waals surface area contributed by atoms with Crippen LogP contribution in [-0.2, 0) is 20.0 Å². The standard InChI is InChI=1S/C17H11ClN4O4S3/c18-13-8-2-1-7-12(13)16-20-21-17(27-16)29(25,26)22-28(23,24)14-9-3-5-11-6-4-10-19-15(11)14/h1-10,22H. The first-order chi connectivity index (χ1) is 13.8. The Labute approximate surface area is 175 Å². The van der Waals surface area contributed by atoms with Crippen LogP contribution in [-0.4, -0.2) is 32.0 Å². The second-order valence-corrected chi connectivity index (χ2v) is 10.9. The normalized spacial score (nSPS) is 12.3. The molecule has 0 radical (unpaired) electrons. The second kappa shape index (κ2) is 7.43. The molecule has 29 heavy (non-hydrogen) atoms. The fourth-order valence-electron chi connectivity index (χ4n) is 2.58. The van der Waals surface area contributed by atoms with Crippen molar-refractivity contribution < 1.29 is 16.8 Å². The van der Waals surface area contributed by atoms with Gasteiger partial charge in [-0.05, 0) is 18.2 Å². The number of para-hydroxylation sites is 1. The Kier molecular flexibility index (Phi) is 5.09. The van der Waals surface area contributed by atoms with E-state index in [1.54, 1.807) is 46.6 Å². The van der Waals surface area contributed by atoms with Crippen molar-refractivity contribution in [3.8, 4) is 10.6 Å². The summed E-state index contributed by atoms with van der Waals surface area (Å²) in [5.41, 5.74) is 0.654. The van der Waals surface area contributed by atoms with Gasteiger partial charge in [-0.3, -0.25) is 4.98 Å². The van der Waals surface area contributed by atoms with E-state index in [1.165, 1.54) is 18.3 Å². The molecule has 4 aromatic rings. The number of hydrogen-bond acceptors (Lipinski definition) is 8. The van der Waals surface area contributed by atoms with E-state index in [0.717, 1.165) is 0 Å². The van der Waals surface area contributed by atoms with E-state index in [9.17, 15) is 16.8 Å². The van der Waals surface area contributed by atoms with Crippen molar-refractivity contribution in [3.63, 3.8) is 0 Å². The Morgan fingerprint density at radius 1 is 0.862 bits per heavy atom. The molecular formula is C17H11ClN4O4S3. The molecule has 1 N–H and O–H groups in total. The van der Waals surface area contributed by atoms with Crippen molar-refractivity contribution in [2.75, 3.05) is 0 Å². The first kappa shape index (κ1) is 19.9. The second-order valence-electron chi connectivity index (χ2n) is 5.77. The van der Waals surface area contributed by atoms with Crippen molar-refractivity contribution in [3.05, 3.63) is 65.8 Å². The Morgan fingerprint density at radius 3 is 2.41 bits per heavy atom. The van der Waals surface area contributed by atoms with Crippen LogP contribution in [0.2, 0.25) is 5.02 Å². The number of fused-ring (bicyclic) bond motifs is 1. The van der Waals surface area contributed by atoms with Crippen LogP contribution in [0.5, 0.6) is 0 Å². The Bertz CT molecular complexity index is 1430. The number of aromatic nitrogens is 3. The number of rotatable bonds is 5.